The molecule has 0 saturated carbocycles. The van der Waals surface area contributed by atoms with Gasteiger partial charge < -0.3 is 27.2 Å². The van der Waals surface area contributed by atoms with Gasteiger partial charge in [0.05, 0.1) is 11.8 Å². The molecule has 3 aromatic rings. The molecule has 27 heavy (non-hydrogen) atoms. The molecule has 1 atom stereocenters. The van der Waals surface area contributed by atoms with Crippen molar-refractivity contribution in [3.05, 3.63) is 60.2 Å². The lowest BCUT2D eigenvalue weighted by Gasteiger charge is -2.11. The summed E-state index contributed by atoms with van der Waals surface area (Å²) in [6.45, 7) is 2.52. The average Bonchev–Trinajstić information content (AvgIpc) is 3.35. The van der Waals surface area contributed by atoms with Crippen LogP contribution in [0.5, 0.6) is 11.8 Å². The highest BCUT2D eigenvalue weighted by molar-refractivity contribution is 5.34. The van der Waals surface area contributed by atoms with Gasteiger partial charge in [0.25, 0.3) is 0 Å². The lowest BCUT2D eigenvalue weighted by atomic mass is 10.2. The maximum Gasteiger partial charge on any atom is 0.345 e. The van der Waals surface area contributed by atoms with E-state index in [9.17, 15) is 0 Å². The van der Waals surface area contributed by atoms with Crippen LogP contribution in [0.15, 0.2) is 54.6 Å². The van der Waals surface area contributed by atoms with Crippen LogP contribution in [0.4, 0.5) is 0 Å². The SMILES string of the molecule is [Cl-].c1ccc(-n2nnnc2Oc2cccc(CNCC3CCCO3)c2)cc1. The quantitative estimate of drug-likeness (QED) is 0.602. The Kier molecular flexibility index (Phi) is 6.75. The fourth-order valence-corrected chi connectivity index (χ4v) is 2.98. The van der Waals surface area contributed by atoms with Crippen LogP contribution in [0.1, 0.15) is 18.4 Å². The van der Waals surface area contributed by atoms with Crippen molar-refractivity contribution in [1.82, 2.24) is 25.5 Å². The molecule has 2 aromatic carbocycles. The van der Waals surface area contributed by atoms with Gasteiger partial charge in [-0.3, -0.25) is 0 Å². The van der Waals surface area contributed by atoms with Crippen molar-refractivity contribution in [2.75, 3.05) is 13.2 Å². The number of ether oxygens (including phenoxy) is 2. The molecule has 1 aliphatic heterocycles. The molecule has 0 amide bonds. The molecular weight excluding hydrogens is 366 g/mol. The first kappa shape index (κ1) is 19.3. The zero-order valence-corrected chi connectivity index (χ0v) is 15.5. The Morgan fingerprint density at radius 1 is 1.15 bits per heavy atom. The molecule has 1 unspecified atom stereocenters. The van der Waals surface area contributed by atoms with E-state index in [1.807, 2.05) is 48.5 Å². The molecule has 1 aliphatic rings. The molecule has 1 N–H and O–H groups in total. The van der Waals surface area contributed by atoms with E-state index in [-0.39, 0.29) is 12.4 Å². The molecule has 0 spiro atoms. The summed E-state index contributed by atoms with van der Waals surface area (Å²) in [7, 11) is 0. The summed E-state index contributed by atoms with van der Waals surface area (Å²) in [5, 5.41) is 15.1. The van der Waals surface area contributed by atoms with Crippen LogP contribution in [-0.2, 0) is 11.3 Å². The van der Waals surface area contributed by atoms with Crippen molar-refractivity contribution >= 4 is 0 Å². The first-order chi connectivity index (χ1) is 12.9. The minimum Gasteiger partial charge on any atom is -1.00 e. The Morgan fingerprint density at radius 3 is 2.85 bits per heavy atom. The summed E-state index contributed by atoms with van der Waals surface area (Å²) in [4.78, 5) is 0. The minimum absolute atomic E-state index is 0. The molecule has 142 valence electrons. The molecule has 1 saturated heterocycles. The number of nitrogens with one attached hydrogen (secondary N) is 1. The van der Waals surface area contributed by atoms with Crippen molar-refractivity contribution in [2.24, 2.45) is 0 Å². The zero-order valence-electron chi connectivity index (χ0n) is 14.8. The van der Waals surface area contributed by atoms with E-state index < -0.39 is 0 Å². The second kappa shape index (κ2) is 9.45. The first-order valence-electron chi connectivity index (χ1n) is 8.81. The smallest absolute Gasteiger partial charge is 0.345 e. The number of aromatic nitrogens is 4. The zero-order chi connectivity index (χ0) is 17.6. The molecule has 8 heteroatoms. The summed E-state index contributed by atoms with van der Waals surface area (Å²) < 4.78 is 13.1. The molecule has 4 rings (SSSR count). The standard InChI is InChI=1S/C19H21N5O2.ClH/c1-2-7-16(8-3-1)24-19(21-22-23-24)26-17-9-4-6-15(12-17)13-20-14-18-10-5-11-25-18;/h1-4,6-9,12,18,20H,5,10-11,13-14H2;1H/p-1. The van der Waals surface area contributed by atoms with E-state index in [1.54, 1.807) is 4.68 Å². The summed E-state index contributed by atoms with van der Waals surface area (Å²) in [6, 6.07) is 17.9. The van der Waals surface area contributed by atoms with Gasteiger partial charge in [0.15, 0.2) is 0 Å². The van der Waals surface area contributed by atoms with E-state index >= 15 is 0 Å². The highest BCUT2D eigenvalue weighted by Gasteiger charge is 2.14. The van der Waals surface area contributed by atoms with Crippen LogP contribution in [0.3, 0.4) is 0 Å². The monoisotopic (exact) mass is 386 g/mol. The number of tetrazole rings is 1. The predicted octanol–water partition coefficient (Wildman–Crippen LogP) is -0.273. The van der Waals surface area contributed by atoms with Crippen molar-refractivity contribution in [2.45, 2.75) is 25.5 Å². The predicted molar refractivity (Wildman–Crippen MR) is 96.4 cm³/mol. The van der Waals surface area contributed by atoms with Gasteiger partial charge in [-0.2, -0.15) is 4.68 Å². The lowest BCUT2D eigenvalue weighted by molar-refractivity contribution is -0.00000737. The Bertz CT molecular complexity index is 837. The van der Waals surface area contributed by atoms with Crippen molar-refractivity contribution in [1.29, 1.82) is 0 Å². The topological polar surface area (TPSA) is 74.1 Å². The molecule has 0 aliphatic carbocycles. The Balaban J connectivity index is 0.00000210. The Morgan fingerprint density at radius 2 is 2.04 bits per heavy atom. The largest absolute Gasteiger partial charge is 1.00 e. The summed E-state index contributed by atoms with van der Waals surface area (Å²) >= 11 is 0. The van der Waals surface area contributed by atoms with Gasteiger partial charge >= 0.3 is 6.01 Å². The third-order valence-electron chi connectivity index (χ3n) is 4.27. The number of hydrogen-bond acceptors (Lipinski definition) is 6. The third-order valence-corrected chi connectivity index (χ3v) is 4.27. The highest BCUT2D eigenvalue weighted by atomic mass is 35.5. The van der Waals surface area contributed by atoms with E-state index in [1.165, 1.54) is 0 Å². The van der Waals surface area contributed by atoms with Crippen molar-refractivity contribution in [3.8, 4) is 17.4 Å². The fraction of sp³-hybridized carbons (Fsp3) is 0.316. The number of rotatable bonds is 7. The van der Waals surface area contributed by atoms with Crippen LogP contribution >= 0.6 is 0 Å². The van der Waals surface area contributed by atoms with Gasteiger partial charge in [-0.15, -0.1) is 0 Å². The van der Waals surface area contributed by atoms with Gasteiger partial charge in [-0.05, 0) is 53.1 Å². The molecular formula is C19H21ClN5O2-. The lowest BCUT2D eigenvalue weighted by Crippen LogP contribution is -3.00. The maximum atomic E-state index is 5.90. The van der Waals surface area contributed by atoms with Gasteiger partial charge in [0.2, 0.25) is 0 Å². The summed E-state index contributed by atoms with van der Waals surface area (Å²) in [5.41, 5.74) is 1.99. The van der Waals surface area contributed by atoms with E-state index in [4.69, 9.17) is 9.47 Å². The Labute approximate surface area is 164 Å². The number of para-hydroxylation sites is 1. The number of benzene rings is 2. The maximum absolute atomic E-state index is 5.90. The second-order valence-electron chi connectivity index (χ2n) is 6.22. The molecule has 2 heterocycles. The summed E-state index contributed by atoms with van der Waals surface area (Å²) in [5.74, 6) is 0.702. The molecule has 1 aromatic heterocycles. The normalized spacial score (nSPS) is 16.1. The van der Waals surface area contributed by atoms with Gasteiger partial charge in [0.1, 0.15) is 5.75 Å². The van der Waals surface area contributed by atoms with Crippen molar-refractivity contribution in [3.63, 3.8) is 0 Å². The fourth-order valence-electron chi connectivity index (χ4n) is 2.98. The van der Waals surface area contributed by atoms with E-state index in [0.29, 0.717) is 17.9 Å². The second-order valence-corrected chi connectivity index (χ2v) is 6.22. The number of nitrogens with zero attached hydrogens (tertiary/aromatic N) is 4. The van der Waals surface area contributed by atoms with Crippen LogP contribution in [-0.4, -0.2) is 39.5 Å². The molecule has 1 fully saturated rings. The number of hydrogen-bond donors (Lipinski definition) is 1. The minimum atomic E-state index is 0. The van der Waals surface area contributed by atoms with Crippen LogP contribution in [0, 0.1) is 0 Å². The van der Waals surface area contributed by atoms with Gasteiger partial charge in [0, 0.05) is 19.7 Å². The highest BCUT2D eigenvalue weighted by Crippen LogP contribution is 2.22. The first-order valence-corrected chi connectivity index (χ1v) is 8.81. The summed E-state index contributed by atoms with van der Waals surface area (Å²) in [6.07, 6.45) is 2.63. The van der Waals surface area contributed by atoms with E-state index in [2.05, 4.69) is 26.9 Å². The van der Waals surface area contributed by atoms with Crippen LogP contribution in [0.2, 0.25) is 0 Å². The van der Waals surface area contributed by atoms with E-state index in [0.717, 1.165) is 43.8 Å². The van der Waals surface area contributed by atoms with Crippen LogP contribution in [0.25, 0.3) is 5.69 Å². The Hall–Kier alpha value is -2.48. The van der Waals surface area contributed by atoms with Gasteiger partial charge in [-0.1, -0.05) is 35.4 Å². The molecule has 0 radical (unpaired) electrons. The average molecular weight is 387 g/mol. The third kappa shape index (κ3) is 5.03. The van der Waals surface area contributed by atoms with Crippen LogP contribution < -0.4 is 22.5 Å². The van der Waals surface area contributed by atoms with Crippen molar-refractivity contribution < 1.29 is 21.9 Å². The van der Waals surface area contributed by atoms with Gasteiger partial charge in [-0.25, -0.2) is 0 Å². The number of halogens is 1. The molecule has 0 bridgehead atoms. The molecule has 7 nitrogen and oxygen atoms in total.